The first-order chi connectivity index (χ1) is 7.13. The second-order valence-corrected chi connectivity index (χ2v) is 3.39. The summed E-state index contributed by atoms with van der Waals surface area (Å²) in [5, 5.41) is 2.71. The summed E-state index contributed by atoms with van der Waals surface area (Å²) >= 11 is 0. The van der Waals surface area contributed by atoms with E-state index < -0.39 is 0 Å². The highest BCUT2D eigenvalue weighted by Gasteiger charge is 2.01. The fraction of sp³-hybridized carbons (Fsp3) is 0.400. The summed E-state index contributed by atoms with van der Waals surface area (Å²) in [6.45, 7) is 0.356. The molecule has 0 saturated carbocycles. The number of hydrogen-bond acceptors (Lipinski definition) is 4. The molecule has 0 atom stereocenters. The maximum Gasteiger partial charge on any atom is 0.225 e. The van der Waals surface area contributed by atoms with E-state index in [1.807, 2.05) is 31.1 Å². The fourth-order valence-corrected chi connectivity index (χ4v) is 1.08. The number of carbonyl (C=O) groups is 1. The Morgan fingerprint density at radius 2 is 2.27 bits per heavy atom. The number of anilines is 2. The molecule has 0 aliphatic carbocycles. The molecule has 0 bridgehead atoms. The standard InChI is InChI=1S/C10H16N4O/c1-14(2)9-4-3-8(7-12-9)13-10(15)5-6-11/h3-4,7H,5-6,11H2,1-2H3,(H,13,15). The van der Waals surface area contributed by atoms with Crippen LogP contribution in [-0.4, -0.2) is 31.5 Å². The van der Waals surface area contributed by atoms with Crippen LogP contribution < -0.4 is 16.0 Å². The van der Waals surface area contributed by atoms with E-state index in [-0.39, 0.29) is 5.91 Å². The van der Waals surface area contributed by atoms with E-state index >= 15 is 0 Å². The Bertz CT molecular complexity index is 321. The van der Waals surface area contributed by atoms with Gasteiger partial charge in [-0.1, -0.05) is 0 Å². The molecule has 3 N–H and O–H groups in total. The van der Waals surface area contributed by atoms with Gasteiger partial charge in [0.05, 0.1) is 11.9 Å². The Morgan fingerprint density at radius 3 is 2.73 bits per heavy atom. The number of aromatic nitrogens is 1. The molecule has 0 aromatic carbocycles. The zero-order valence-corrected chi connectivity index (χ0v) is 9.03. The van der Waals surface area contributed by atoms with E-state index in [4.69, 9.17) is 5.73 Å². The molecule has 1 aromatic rings. The smallest absolute Gasteiger partial charge is 0.225 e. The van der Waals surface area contributed by atoms with Crippen molar-refractivity contribution in [3.05, 3.63) is 18.3 Å². The number of carbonyl (C=O) groups excluding carboxylic acids is 1. The number of nitrogens with zero attached hydrogens (tertiary/aromatic N) is 2. The van der Waals surface area contributed by atoms with Gasteiger partial charge >= 0.3 is 0 Å². The Kier molecular flexibility index (Phi) is 4.05. The van der Waals surface area contributed by atoms with Crippen molar-refractivity contribution in [2.75, 3.05) is 30.9 Å². The molecule has 0 aliphatic heterocycles. The van der Waals surface area contributed by atoms with Crippen molar-refractivity contribution in [3.8, 4) is 0 Å². The van der Waals surface area contributed by atoms with Crippen LogP contribution in [0.5, 0.6) is 0 Å². The molecule has 0 unspecified atom stereocenters. The molecule has 1 amide bonds. The highest BCUT2D eigenvalue weighted by atomic mass is 16.1. The van der Waals surface area contributed by atoms with Crippen LogP contribution in [0.25, 0.3) is 0 Å². The average Bonchev–Trinajstić information content (AvgIpc) is 2.18. The van der Waals surface area contributed by atoms with Gasteiger partial charge in [-0.3, -0.25) is 4.79 Å². The SMILES string of the molecule is CN(C)c1ccc(NC(=O)CCN)cn1. The fourth-order valence-electron chi connectivity index (χ4n) is 1.08. The van der Waals surface area contributed by atoms with Gasteiger partial charge in [-0.2, -0.15) is 0 Å². The normalized spacial score (nSPS) is 9.80. The van der Waals surface area contributed by atoms with Crippen molar-refractivity contribution in [3.63, 3.8) is 0 Å². The quantitative estimate of drug-likeness (QED) is 0.753. The minimum atomic E-state index is -0.0862. The molecular weight excluding hydrogens is 192 g/mol. The topological polar surface area (TPSA) is 71.2 Å². The summed E-state index contributed by atoms with van der Waals surface area (Å²) in [7, 11) is 3.82. The molecule has 15 heavy (non-hydrogen) atoms. The van der Waals surface area contributed by atoms with Crippen LogP contribution in [-0.2, 0) is 4.79 Å². The van der Waals surface area contributed by atoms with E-state index in [0.29, 0.717) is 18.7 Å². The second-order valence-electron chi connectivity index (χ2n) is 3.39. The van der Waals surface area contributed by atoms with Crippen LogP contribution >= 0.6 is 0 Å². The average molecular weight is 208 g/mol. The molecule has 0 saturated heterocycles. The molecule has 5 nitrogen and oxygen atoms in total. The van der Waals surface area contributed by atoms with Crippen LogP contribution in [0.4, 0.5) is 11.5 Å². The Hall–Kier alpha value is -1.62. The number of rotatable bonds is 4. The van der Waals surface area contributed by atoms with Crippen molar-refractivity contribution in [1.29, 1.82) is 0 Å². The minimum Gasteiger partial charge on any atom is -0.363 e. The predicted octanol–water partition coefficient (Wildman–Crippen LogP) is 0.435. The monoisotopic (exact) mass is 208 g/mol. The number of nitrogens with two attached hydrogens (primary N) is 1. The van der Waals surface area contributed by atoms with E-state index in [2.05, 4.69) is 10.3 Å². The van der Waals surface area contributed by atoms with Gasteiger partial charge in [0, 0.05) is 27.1 Å². The molecule has 82 valence electrons. The molecule has 1 aromatic heterocycles. The number of pyridine rings is 1. The van der Waals surface area contributed by atoms with Crippen molar-refractivity contribution in [2.45, 2.75) is 6.42 Å². The lowest BCUT2D eigenvalue weighted by atomic mass is 10.3. The van der Waals surface area contributed by atoms with Gasteiger partial charge in [-0.25, -0.2) is 4.98 Å². The molecule has 0 spiro atoms. The van der Waals surface area contributed by atoms with E-state index in [1.54, 1.807) is 6.20 Å². The van der Waals surface area contributed by atoms with Crippen LogP contribution in [0, 0.1) is 0 Å². The third-order valence-corrected chi connectivity index (χ3v) is 1.86. The molecule has 0 radical (unpaired) electrons. The summed E-state index contributed by atoms with van der Waals surface area (Å²) < 4.78 is 0. The summed E-state index contributed by atoms with van der Waals surface area (Å²) in [4.78, 5) is 17.3. The first-order valence-corrected chi connectivity index (χ1v) is 4.77. The summed E-state index contributed by atoms with van der Waals surface area (Å²) in [6.07, 6.45) is 1.96. The molecule has 0 aliphatic rings. The Balaban J connectivity index is 2.60. The second kappa shape index (κ2) is 5.31. The first-order valence-electron chi connectivity index (χ1n) is 4.77. The van der Waals surface area contributed by atoms with Gasteiger partial charge in [-0.05, 0) is 12.1 Å². The summed E-state index contributed by atoms with van der Waals surface area (Å²) in [5.74, 6) is 0.767. The minimum absolute atomic E-state index is 0.0862. The number of amides is 1. The number of nitrogens with one attached hydrogen (secondary N) is 1. The van der Waals surface area contributed by atoms with Crippen molar-refractivity contribution < 1.29 is 4.79 Å². The molecule has 5 heteroatoms. The van der Waals surface area contributed by atoms with Crippen LogP contribution in [0.2, 0.25) is 0 Å². The lowest BCUT2D eigenvalue weighted by Crippen LogP contribution is -2.16. The highest BCUT2D eigenvalue weighted by Crippen LogP contribution is 2.11. The lowest BCUT2D eigenvalue weighted by Gasteiger charge is -2.11. The highest BCUT2D eigenvalue weighted by molar-refractivity contribution is 5.90. The van der Waals surface area contributed by atoms with Crippen molar-refractivity contribution in [2.24, 2.45) is 5.73 Å². The third kappa shape index (κ3) is 3.55. The lowest BCUT2D eigenvalue weighted by molar-refractivity contribution is -0.116. The predicted molar refractivity (Wildman–Crippen MR) is 60.9 cm³/mol. The van der Waals surface area contributed by atoms with Gasteiger partial charge < -0.3 is 16.0 Å². The number of hydrogen-bond donors (Lipinski definition) is 2. The van der Waals surface area contributed by atoms with Gasteiger partial charge in [0.15, 0.2) is 0 Å². The van der Waals surface area contributed by atoms with Crippen LogP contribution in [0.1, 0.15) is 6.42 Å². The molecule has 1 rings (SSSR count). The molecular formula is C10H16N4O. The molecule has 1 heterocycles. The third-order valence-electron chi connectivity index (χ3n) is 1.86. The first kappa shape index (κ1) is 11.5. The van der Waals surface area contributed by atoms with Gasteiger partial charge in [0.1, 0.15) is 5.82 Å². The van der Waals surface area contributed by atoms with Crippen molar-refractivity contribution >= 4 is 17.4 Å². The Labute approximate surface area is 89.3 Å². The van der Waals surface area contributed by atoms with Gasteiger partial charge in [0.2, 0.25) is 5.91 Å². The van der Waals surface area contributed by atoms with E-state index in [9.17, 15) is 4.79 Å². The summed E-state index contributed by atoms with van der Waals surface area (Å²) in [6, 6.07) is 3.66. The van der Waals surface area contributed by atoms with Gasteiger partial charge in [0.25, 0.3) is 0 Å². The zero-order chi connectivity index (χ0) is 11.3. The van der Waals surface area contributed by atoms with E-state index in [1.165, 1.54) is 0 Å². The zero-order valence-electron chi connectivity index (χ0n) is 9.03. The van der Waals surface area contributed by atoms with E-state index in [0.717, 1.165) is 5.82 Å². The maximum atomic E-state index is 11.2. The Morgan fingerprint density at radius 1 is 1.53 bits per heavy atom. The van der Waals surface area contributed by atoms with Crippen LogP contribution in [0.15, 0.2) is 18.3 Å². The largest absolute Gasteiger partial charge is 0.363 e. The summed E-state index contributed by atoms with van der Waals surface area (Å²) in [5.41, 5.74) is 5.96. The maximum absolute atomic E-state index is 11.2. The molecule has 0 fully saturated rings. The van der Waals surface area contributed by atoms with Crippen molar-refractivity contribution in [1.82, 2.24) is 4.98 Å². The van der Waals surface area contributed by atoms with Crippen LogP contribution in [0.3, 0.4) is 0 Å². The van der Waals surface area contributed by atoms with Gasteiger partial charge in [-0.15, -0.1) is 0 Å².